The molecule has 0 aromatic rings. The van der Waals surface area contributed by atoms with Gasteiger partial charge in [0, 0.05) is 11.8 Å². The number of fused-ring (bicyclic) bond motifs is 5. The van der Waals surface area contributed by atoms with Crippen LogP contribution in [0.4, 0.5) is 0 Å². The fourth-order valence-corrected chi connectivity index (χ4v) is 6.29. The molecule has 23 heavy (non-hydrogen) atoms. The van der Waals surface area contributed by atoms with E-state index in [1.165, 1.54) is 17.6 Å². The first-order valence-electron chi connectivity index (χ1n) is 9.35. The van der Waals surface area contributed by atoms with Crippen LogP contribution in [-0.4, -0.2) is 17.0 Å². The SMILES string of the molecule is C=C[C@@H]1CC2=CC(=O)CC[C@@H]2[C@H]2CC[C@@]3(CC)C(=CC[C@@H]3O)[C@@H]21. The third kappa shape index (κ3) is 2.07. The van der Waals surface area contributed by atoms with Gasteiger partial charge >= 0.3 is 0 Å². The Labute approximate surface area is 139 Å². The normalized spacial score (nSPS) is 45.5. The molecule has 2 fully saturated rings. The molecular formula is C21H28O2. The van der Waals surface area contributed by atoms with E-state index in [9.17, 15) is 9.90 Å². The van der Waals surface area contributed by atoms with Crippen LogP contribution in [0.25, 0.3) is 0 Å². The van der Waals surface area contributed by atoms with Gasteiger partial charge < -0.3 is 5.11 Å². The second kappa shape index (κ2) is 5.44. The van der Waals surface area contributed by atoms with Gasteiger partial charge in [0.2, 0.25) is 0 Å². The van der Waals surface area contributed by atoms with E-state index in [0.717, 1.165) is 38.5 Å². The molecule has 1 N–H and O–H groups in total. The van der Waals surface area contributed by atoms with Crippen molar-refractivity contribution in [2.75, 3.05) is 0 Å². The molecule has 6 atom stereocenters. The number of hydrogen-bond donors (Lipinski definition) is 1. The van der Waals surface area contributed by atoms with Gasteiger partial charge in [-0.15, -0.1) is 6.58 Å². The highest BCUT2D eigenvalue weighted by molar-refractivity contribution is 5.91. The Morgan fingerprint density at radius 3 is 3.00 bits per heavy atom. The Kier molecular flexibility index (Phi) is 3.64. The maximum Gasteiger partial charge on any atom is 0.155 e. The fourth-order valence-electron chi connectivity index (χ4n) is 6.29. The number of ketones is 1. The summed E-state index contributed by atoms with van der Waals surface area (Å²) < 4.78 is 0. The van der Waals surface area contributed by atoms with Gasteiger partial charge in [-0.25, -0.2) is 0 Å². The molecule has 2 nitrogen and oxygen atoms in total. The molecule has 0 aromatic heterocycles. The van der Waals surface area contributed by atoms with E-state index in [2.05, 4.69) is 25.7 Å². The maximum absolute atomic E-state index is 11.8. The molecule has 2 saturated carbocycles. The summed E-state index contributed by atoms with van der Waals surface area (Å²) in [7, 11) is 0. The Balaban J connectivity index is 1.75. The molecular weight excluding hydrogens is 284 g/mol. The zero-order valence-electron chi connectivity index (χ0n) is 14.1. The van der Waals surface area contributed by atoms with Crippen LogP contribution >= 0.6 is 0 Å². The van der Waals surface area contributed by atoms with Crippen molar-refractivity contribution >= 4 is 5.78 Å². The zero-order valence-corrected chi connectivity index (χ0v) is 14.1. The number of rotatable bonds is 2. The molecule has 0 unspecified atom stereocenters. The fraction of sp³-hybridized carbons (Fsp3) is 0.667. The quantitative estimate of drug-likeness (QED) is 0.776. The monoisotopic (exact) mass is 312 g/mol. The van der Waals surface area contributed by atoms with Crippen molar-refractivity contribution in [3.63, 3.8) is 0 Å². The van der Waals surface area contributed by atoms with Crippen LogP contribution in [0.5, 0.6) is 0 Å². The molecule has 0 heterocycles. The predicted molar refractivity (Wildman–Crippen MR) is 91.8 cm³/mol. The lowest BCUT2D eigenvalue weighted by Crippen LogP contribution is -2.48. The summed E-state index contributed by atoms with van der Waals surface area (Å²) in [4.78, 5) is 11.8. The first-order valence-corrected chi connectivity index (χ1v) is 9.35. The van der Waals surface area contributed by atoms with Crippen LogP contribution in [0.3, 0.4) is 0 Å². The summed E-state index contributed by atoms with van der Waals surface area (Å²) in [6, 6.07) is 0. The highest BCUT2D eigenvalue weighted by Gasteiger charge is 2.55. The van der Waals surface area contributed by atoms with Crippen molar-refractivity contribution in [2.24, 2.45) is 29.1 Å². The van der Waals surface area contributed by atoms with E-state index in [1.54, 1.807) is 0 Å². The minimum Gasteiger partial charge on any atom is -0.392 e. The van der Waals surface area contributed by atoms with Crippen molar-refractivity contribution in [3.05, 3.63) is 36.0 Å². The van der Waals surface area contributed by atoms with Gasteiger partial charge in [0.15, 0.2) is 5.78 Å². The molecule has 0 saturated heterocycles. The molecule has 124 valence electrons. The molecule has 0 amide bonds. The highest BCUT2D eigenvalue weighted by atomic mass is 16.3. The molecule has 0 aliphatic heterocycles. The third-order valence-corrected chi connectivity index (χ3v) is 7.43. The van der Waals surface area contributed by atoms with Crippen molar-refractivity contribution in [1.29, 1.82) is 0 Å². The Hall–Kier alpha value is -1.15. The van der Waals surface area contributed by atoms with E-state index < -0.39 is 0 Å². The van der Waals surface area contributed by atoms with E-state index >= 15 is 0 Å². The second-order valence-electron chi connectivity index (χ2n) is 8.08. The first kappa shape index (κ1) is 15.4. The summed E-state index contributed by atoms with van der Waals surface area (Å²) >= 11 is 0. The van der Waals surface area contributed by atoms with Crippen LogP contribution in [-0.2, 0) is 4.79 Å². The average molecular weight is 312 g/mol. The van der Waals surface area contributed by atoms with Crippen molar-refractivity contribution in [3.8, 4) is 0 Å². The maximum atomic E-state index is 11.8. The van der Waals surface area contributed by atoms with Crippen LogP contribution in [0.2, 0.25) is 0 Å². The summed E-state index contributed by atoms with van der Waals surface area (Å²) in [6.07, 6.45) is 13.1. The minimum absolute atomic E-state index is 0.0220. The largest absolute Gasteiger partial charge is 0.392 e. The third-order valence-electron chi connectivity index (χ3n) is 7.43. The predicted octanol–water partition coefficient (Wildman–Crippen LogP) is 4.21. The Morgan fingerprint density at radius 1 is 1.43 bits per heavy atom. The van der Waals surface area contributed by atoms with E-state index in [0.29, 0.717) is 29.5 Å². The summed E-state index contributed by atoms with van der Waals surface area (Å²) in [5.74, 6) is 2.50. The topological polar surface area (TPSA) is 37.3 Å². The molecule has 0 radical (unpaired) electrons. The van der Waals surface area contributed by atoms with Crippen molar-refractivity contribution in [2.45, 2.75) is 58.0 Å². The molecule has 2 heteroatoms. The minimum atomic E-state index is -0.196. The van der Waals surface area contributed by atoms with E-state index in [-0.39, 0.29) is 11.5 Å². The number of aliphatic hydroxyl groups is 1. The van der Waals surface area contributed by atoms with Crippen LogP contribution < -0.4 is 0 Å². The van der Waals surface area contributed by atoms with Gasteiger partial charge in [0.1, 0.15) is 0 Å². The van der Waals surface area contributed by atoms with E-state index in [1.807, 2.05) is 6.08 Å². The molecule has 4 rings (SSSR count). The van der Waals surface area contributed by atoms with Crippen molar-refractivity contribution < 1.29 is 9.90 Å². The van der Waals surface area contributed by atoms with Crippen molar-refractivity contribution in [1.82, 2.24) is 0 Å². The number of carbonyl (C=O) groups is 1. The van der Waals surface area contributed by atoms with Gasteiger partial charge in [-0.1, -0.05) is 30.2 Å². The molecule has 4 aliphatic rings. The second-order valence-corrected chi connectivity index (χ2v) is 8.08. The lowest BCUT2D eigenvalue weighted by Gasteiger charge is -2.54. The average Bonchev–Trinajstić information content (AvgIpc) is 2.90. The molecule has 0 spiro atoms. The lowest BCUT2D eigenvalue weighted by atomic mass is 9.50. The summed E-state index contributed by atoms with van der Waals surface area (Å²) in [6.45, 7) is 6.35. The molecule has 0 bridgehead atoms. The van der Waals surface area contributed by atoms with Crippen LogP contribution in [0.15, 0.2) is 36.0 Å². The standard InChI is InChI=1S/C21H28O2/c1-3-13-11-14-12-15(22)5-6-16(14)17-9-10-21(4-2)18(20(13)17)7-8-19(21)23/h3,7,12-13,16-17,19-20,23H,1,4-6,8-11H2,2H3/t13-,16+,17-,19+,20-,21+/m1/s1. The summed E-state index contributed by atoms with van der Waals surface area (Å²) in [5.41, 5.74) is 2.94. The Bertz CT molecular complexity index is 599. The van der Waals surface area contributed by atoms with Gasteiger partial charge in [0.25, 0.3) is 0 Å². The number of carbonyl (C=O) groups excluding carboxylic acids is 1. The number of allylic oxidation sites excluding steroid dienone is 3. The van der Waals surface area contributed by atoms with Crippen LogP contribution in [0, 0.1) is 29.1 Å². The van der Waals surface area contributed by atoms with Crippen LogP contribution in [0.1, 0.15) is 51.9 Å². The smallest absolute Gasteiger partial charge is 0.155 e. The zero-order chi connectivity index (χ0) is 16.2. The van der Waals surface area contributed by atoms with Gasteiger partial charge in [-0.05, 0) is 68.3 Å². The van der Waals surface area contributed by atoms with Gasteiger partial charge in [0.05, 0.1) is 6.10 Å². The lowest BCUT2D eigenvalue weighted by molar-refractivity contribution is -0.115. The molecule has 0 aromatic carbocycles. The first-order chi connectivity index (χ1) is 11.1. The summed E-state index contributed by atoms with van der Waals surface area (Å²) in [5, 5.41) is 10.7. The number of aliphatic hydroxyl groups excluding tert-OH is 1. The van der Waals surface area contributed by atoms with Gasteiger partial charge in [-0.2, -0.15) is 0 Å². The highest BCUT2D eigenvalue weighted by Crippen LogP contribution is 2.62. The Morgan fingerprint density at radius 2 is 2.26 bits per heavy atom. The van der Waals surface area contributed by atoms with Gasteiger partial charge in [-0.3, -0.25) is 4.79 Å². The molecule has 4 aliphatic carbocycles. The number of hydrogen-bond acceptors (Lipinski definition) is 2. The van der Waals surface area contributed by atoms with E-state index in [4.69, 9.17) is 0 Å².